The van der Waals surface area contributed by atoms with Crippen LogP contribution in [0.3, 0.4) is 0 Å². The van der Waals surface area contributed by atoms with Crippen molar-refractivity contribution in [1.82, 2.24) is 4.98 Å². The summed E-state index contributed by atoms with van der Waals surface area (Å²) in [6.07, 6.45) is 0.833. The van der Waals surface area contributed by atoms with Crippen LogP contribution in [-0.2, 0) is 15.0 Å². The molecule has 1 N–H and O–H groups in total. The van der Waals surface area contributed by atoms with Crippen LogP contribution in [0.15, 0.2) is 72.3 Å². The highest BCUT2D eigenvalue weighted by molar-refractivity contribution is 7.22. The fourth-order valence-corrected chi connectivity index (χ4v) is 5.76. The summed E-state index contributed by atoms with van der Waals surface area (Å²) in [6, 6.07) is 19.4. The van der Waals surface area contributed by atoms with Crippen molar-refractivity contribution in [2.75, 3.05) is 18.6 Å². The van der Waals surface area contributed by atoms with Crippen LogP contribution in [0, 0.1) is 0 Å². The molecule has 3 aromatic carbocycles. The highest BCUT2D eigenvalue weighted by atomic mass is 32.1. The van der Waals surface area contributed by atoms with Gasteiger partial charge in [-0.3, -0.25) is 14.5 Å². The molecular formula is C32H32N2O5S. The van der Waals surface area contributed by atoms with Gasteiger partial charge in [0.1, 0.15) is 17.3 Å². The standard InChI is InChI=1S/C32H32N2O5S/c1-6-16-39-23-9-7-8-20(17-23)28(35)26-27(19-10-12-21(13-11-19)32(2,3)4)34(30(37)29(26)36)31-33-24-15-14-22(38-5)18-25(24)40-31/h7-15,17-18,27,35H,6,16H2,1-5H3. The first-order valence-electron chi connectivity index (χ1n) is 13.2. The summed E-state index contributed by atoms with van der Waals surface area (Å²) in [5.74, 6) is -0.513. The van der Waals surface area contributed by atoms with Crippen molar-refractivity contribution in [3.05, 3.63) is 89.0 Å². The van der Waals surface area contributed by atoms with Crippen molar-refractivity contribution in [2.24, 2.45) is 0 Å². The lowest BCUT2D eigenvalue weighted by Gasteiger charge is -2.24. The van der Waals surface area contributed by atoms with Crippen LogP contribution in [0.25, 0.3) is 16.0 Å². The number of methoxy groups -OCH3 is 1. The molecule has 0 radical (unpaired) electrons. The molecular weight excluding hydrogens is 524 g/mol. The van der Waals surface area contributed by atoms with Gasteiger partial charge in [0.15, 0.2) is 5.13 Å². The van der Waals surface area contributed by atoms with Crippen LogP contribution < -0.4 is 14.4 Å². The molecule has 1 atom stereocenters. The third kappa shape index (κ3) is 5.07. The SMILES string of the molecule is CCCOc1cccc(C(O)=C2C(=O)C(=O)N(c3nc4ccc(OC)cc4s3)C2c2ccc(C(C)(C)C)cc2)c1. The van der Waals surface area contributed by atoms with Gasteiger partial charge < -0.3 is 14.6 Å². The van der Waals surface area contributed by atoms with Gasteiger partial charge in [-0.2, -0.15) is 0 Å². The van der Waals surface area contributed by atoms with E-state index in [0.717, 1.165) is 16.7 Å². The molecule has 1 aliphatic heterocycles. The smallest absolute Gasteiger partial charge is 0.301 e. The van der Waals surface area contributed by atoms with E-state index in [2.05, 4.69) is 20.8 Å². The van der Waals surface area contributed by atoms with Crippen molar-refractivity contribution in [3.63, 3.8) is 0 Å². The maximum atomic E-state index is 13.6. The van der Waals surface area contributed by atoms with E-state index in [1.54, 1.807) is 37.4 Å². The number of rotatable bonds is 7. The van der Waals surface area contributed by atoms with E-state index in [1.165, 1.54) is 16.2 Å². The van der Waals surface area contributed by atoms with Crippen LogP contribution in [0.2, 0.25) is 0 Å². The number of hydrogen-bond acceptors (Lipinski definition) is 7. The summed E-state index contributed by atoms with van der Waals surface area (Å²) >= 11 is 1.29. The number of amides is 1. The number of carbonyl (C=O) groups is 2. The zero-order valence-electron chi connectivity index (χ0n) is 23.2. The fraction of sp³-hybridized carbons (Fsp3) is 0.281. The minimum atomic E-state index is -0.864. The van der Waals surface area contributed by atoms with Crippen molar-refractivity contribution in [1.29, 1.82) is 0 Å². The van der Waals surface area contributed by atoms with E-state index in [-0.39, 0.29) is 16.7 Å². The summed E-state index contributed by atoms with van der Waals surface area (Å²) in [7, 11) is 1.59. The molecule has 8 heteroatoms. The molecule has 1 saturated heterocycles. The average Bonchev–Trinajstić information content (AvgIpc) is 3.48. The Morgan fingerprint density at radius 1 is 1.02 bits per heavy atom. The van der Waals surface area contributed by atoms with Crippen LogP contribution in [0.1, 0.15) is 56.8 Å². The summed E-state index contributed by atoms with van der Waals surface area (Å²) in [4.78, 5) is 33.3. The minimum Gasteiger partial charge on any atom is -0.507 e. The predicted molar refractivity (Wildman–Crippen MR) is 158 cm³/mol. The Morgan fingerprint density at radius 2 is 1.77 bits per heavy atom. The molecule has 0 spiro atoms. The Bertz CT molecular complexity index is 1610. The van der Waals surface area contributed by atoms with Crippen LogP contribution in [0.5, 0.6) is 11.5 Å². The molecule has 1 amide bonds. The van der Waals surface area contributed by atoms with E-state index in [1.807, 2.05) is 43.3 Å². The number of nitrogens with zero attached hydrogens (tertiary/aromatic N) is 2. The van der Waals surface area contributed by atoms with E-state index >= 15 is 0 Å². The molecule has 40 heavy (non-hydrogen) atoms. The molecule has 0 aliphatic carbocycles. The molecule has 2 heterocycles. The largest absolute Gasteiger partial charge is 0.507 e. The highest BCUT2D eigenvalue weighted by Crippen LogP contribution is 2.45. The number of benzene rings is 3. The molecule has 0 bridgehead atoms. The number of aliphatic hydroxyl groups excluding tert-OH is 1. The number of anilines is 1. The zero-order chi connectivity index (χ0) is 28.6. The van der Waals surface area contributed by atoms with Gasteiger partial charge in [0.2, 0.25) is 0 Å². The monoisotopic (exact) mass is 556 g/mol. The molecule has 4 aromatic rings. The van der Waals surface area contributed by atoms with Crippen molar-refractivity contribution in [2.45, 2.75) is 45.6 Å². The minimum absolute atomic E-state index is 0.0120. The van der Waals surface area contributed by atoms with Crippen molar-refractivity contribution >= 4 is 44.1 Å². The quantitative estimate of drug-likeness (QED) is 0.150. The van der Waals surface area contributed by atoms with Crippen LogP contribution >= 0.6 is 11.3 Å². The highest BCUT2D eigenvalue weighted by Gasteiger charge is 2.48. The molecule has 5 rings (SSSR count). The second-order valence-corrected chi connectivity index (χ2v) is 11.8. The van der Waals surface area contributed by atoms with E-state index in [9.17, 15) is 14.7 Å². The molecule has 206 valence electrons. The topological polar surface area (TPSA) is 89.0 Å². The first-order valence-corrected chi connectivity index (χ1v) is 14.0. The number of carbonyl (C=O) groups excluding carboxylic acids is 2. The lowest BCUT2D eigenvalue weighted by molar-refractivity contribution is -0.132. The Hall–Kier alpha value is -4.17. The van der Waals surface area contributed by atoms with Gasteiger partial charge in [-0.05, 0) is 53.3 Å². The van der Waals surface area contributed by atoms with Gasteiger partial charge in [0.25, 0.3) is 5.78 Å². The second kappa shape index (κ2) is 10.8. The second-order valence-electron chi connectivity index (χ2n) is 10.7. The normalized spacial score (nSPS) is 17.0. The predicted octanol–water partition coefficient (Wildman–Crippen LogP) is 7.02. The molecule has 1 unspecified atom stereocenters. The third-order valence-corrected chi connectivity index (χ3v) is 7.93. The summed E-state index contributed by atoms with van der Waals surface area (Å²) in [5, 5.41) is 11.9. The molecule has 0 saturated carbocycles. The van der Waals surface area contributed by atoms with Crippen LogP contribution in [0.4, 0.5) is 5.13 Å². The maximum Gasteiger partial charge on any atom is 0.301 e. The fourth-order valence-electron chi connectivity index (χ4n) is 4.74. The number of aromatic nitrogens is 1. The lowest BCUT2D eigenvalue weighted by Crippen LogP contribution is -2.29. The number of ether oxygens (including phenoxy) is 2. The van der Waals surface area contributed by atoms with E-state index in [4.69, 9.17) is 14.5 Å². The van der Waals surface area contributed by atoms with Gasteiger partial charge >= 0.3 is 5.91 Å². The Labute approximate surface area is 237 Å². The first kappa shape index (κ1) is 27.4. The first-order chi connectivity index (χ1) is 19.1. The van der Waals surface area contributed by atoms with Gasteiger partial charge in [-0.15, -0.1) is 0 Å². The number of hydrogen-bond donors (Lipinski definition) is 1. The van der Waals surface area contributed by atoms with E-state index in [0.29, 0.717) is 39.9 Å². The molecule has 1 aliphatic rings. The number of ketones is 1. The van der Waals surface area contributed by atoms with Gasteiger partial charge in [0.05, 0.1) is 35.5 Å². The molecule has 1 fully saturated rings. The summed E-state index contributed by atoms with van der Waals surface area (Å²) in [5.41, 5.74) is 2.83. The van der Waals surface area contributed by atoms with Gasteiger partial charge in [-0.25, -0.2) is 4.98 Å². The number of Topliss-reactive ketones (excluding diaryl/α,β-unsaturated/α-hetero) is 1. The summed E-state index contributed by atoms with van der Waals surface area (Å²) < 4.78 is 11.9. The zero-order valence-corrected chi connectivity index (χ0v) is 24.0. The maximum absolute atomic E-state index is 13.6. The van der Waals surface area contributed by atoms with Crippen molar-refractivity contribution < 1.29 is 24.2 Å². The number of thiazole rings is 1. The van der Waals surface area contributed by atoms with Crippen LogP contribution in [-0.4, -0.2) is 35.5 Å². The lowest BCUT2D eigenvalue weighted by atomic mass is 9.85. The van der Waals surface area contributed by atoms with E-state index < -0.39 is 17.7 Å². The number of fused-ring (bicyclic) bond motifs is 1. The Balaban J connectivity index is 1.68. The van der Waals surface area contributed by atoms with Crippen molar-refractivity contribution in [3.8, 4) is 11.5 Å². The Morgan fingerprint density at radius 3 is 2.45 bits per heavy atom. The molecule has 7 nitrogen and oxygen atoms in total. The summed E-state index contributed by atoms with van der Waals surface area (Å²) in [6.45, 7) is 8.90. The molecule has 1 aromatic heterocycles. The third-order valence-electron chi connectivity index (χ3n) is 6.91. The van der Waals surface area contributed by atoms with Gasteiger partial charge in [-0.1, -0.05) is 75.4 Å². The Kier molecular flexibility index (Phi) is 7.38. The average molecular weight is 557 g/mol. The van der Waals surface area contributed by atoms with Gasteiger partial charge in [0, 0.05) is 5.56 Å². The number of aliphatic hydroxyl groups is 1.